The number of nitrogens with zero attached hydrogens (tertiary/aromatic N) is 2. The number of nitrogens with one attached hydrogen (secondary N) is 2. The lowest BCUT2D eigenvalue weighted by molar-refractivity contribution is -0.115. The van der Waals surface area contributed by atoms with Crippen molar-refractivity contribution in [2.45, 2.75) is 13.5 Å². The molecular formula is C14H17ClN4O3S. The minimum Gasteiger partial charge on any atom is -0.310 e. The SMILES string of the molecule is Cc1cc(NC(=O)CNS(C)(=O)=O)n(Cc2ccccc2Cl)n1. The summed E-state index contributed by atoms with van der Waals surface area (Å²) in [6.45, 7) is 1.85. The number of amides is 1. The lowest BCUT2D eigenvalue weighted by atomic mass is 10.2. The number of carbonyl (C=O) groups excluding carboxylic acids is 1. The van der Waals surface area contributed by atoms with Crippen LogP contribution < -0.4 is 10.0 Å². The second-order valence-electron chi connectivity index (χ2n) is 5.06. The maximum absolute atomic E-state index is 11.8. The molecule has 0 bridgehead atoms. The van der Waals surface area contributed by atoms with E-state index in [1.54, 1.807) is 23.7 Å². The maximum Gasteiger partial charge on any atom is 0.240 e. The van der Waals surface area contributed by atoms with Gasteiger partial charge in [-0.25, -0.2) is 17.8 Å². The molecule has 0 saturated carbocycles. The van der Waals surface area contributed by atoms with Gasteiger partial charge in [0.2, 0.25) is 15.9 Å². The van der Waals surface area contributed by atoms with Gasteiger partial charge in [0.25, 0.3) is 0 Å². The molecule has 2 N–H and O–H groups in total. The Morgan fingerprint density at radius 1 is 1.35 bits per heavy atom. The first-order chi connectivity index (χ1) is 10.7. The van der Waals surface area contributed by atoms with Crippen molar-refractivity contribution in [1.82, 2.24) is 14.5 Å². The molecule has 2 rings (SSSR count). The zero-order valence-electron chi connectivity index (χ0n) is 12.7. The predicted octanol–water partition coefficient (Wildman–Crippen LogP) is 1.38. The summed E-state index contributed by atoms with van der Waals surface area (Å²) in [6.07, 6.45) is 0.992. The van der Waals surface area contributed by atoms with E-state index < -0.39 is 15.9 Å². The van der Waals surface area contributed by atoms with Crippen molar-refractivity contribution in [1.29, 1.82) is 0 Å². The molecule has 0 aliphatic rings. The van der Waals surface area contributed by atoms with Crippen LogP contribution in [0.4, 0.5) is 5.82 Å². The molecule has 9 heteroatoms. The fourth-order valence-electron chi connectivity index (χ4n) is 1.94. The monoisotopic (exact) mass is 356 g/mol. The summed E-state index contributed by atoms with van der Waals surface area (Å²) >= 11 is 6.13. The normalized spacial score (nSPS) is 11.4. The first-order valence-electron chi connectivity index (χ1n) is 6.77. The van der Waals surface area contributed by atoms with Gasteiger partial charge in [-0.2, -0.15) is 5.10 Å². The standard InChI is InChI=1S/C14H17ClN4O3S/c1-10-7-13(17-14(20)8-16-23(2,21)22)19(18-10)9-11-5-3-4-6-12(11)15/h3-7,16H,8-9H2,1-2H3,(H,17,20). The summed E-state index contributed by atoms with van der Waals surface area (Å²) in [4.78, 5) is 11.8. The van der Waals surface area contributed by atoms with Crippen LogP contribution in [0.3, 0.4) is 0 Å². The molecule has 0 atom stereocenters. The summed E-state index contributed by atoms with van der Waals surface area (Å²) in [5, 5.41) is 7.56. The van der Waals surface area contributed by atoms with Crippen LogP contribution in [-0.2, 0) is 21.4 Å². The van der Waals surface area contributed by atoms with Crippen molar-refractivity contribution < 1.29 is 13.2 Å². The zero-order valence-corrected chi connectivity index (χ0v) is 14.3. The van der Waals surface area contributed by atoms with Gasteiger partial charge in [-0.05, 0) is 18.6 Å². The van der Waals surface area contributed by atoms with Gasteiger partial charge in [0.05, 0.1) is 25.0 Å². The number of anilines is 1. The molecule has 23 heavy (non-hydrogen) atoms. The molecule has 2 aromatic rings. The Balaban J connectivity index is 2.11. The van der Waals surface area contributed by atoms with Crippen LogP contribution in [0, 0.1) is 6.92 Å². The van der Waals surface area contributed by atoms with E-state index in [1.807, 2.05) is 18.2 Å². The van der Waals surface area contributed by atoms with Crippen molar-refractivity contribution >= 4 is 33.3 Å². The number of carbonyl (C=O) groups is 1. The van der Waals surface area contributed by atoms with Gasteiger partial charge < -0.3 is 5.32 Å². The third-order valence-electron chi connectivity index (χ3n) is 2.94. The molecule has 0 saturated heterocycles. The number of hydrogen-bond acceptors (Lipinski definition) is 4. The van der Waals surface area contributed by atoms with E-state index in [2.05, 4.69) is 15.1 Å². The minimum absolute atomic E-state index is 0.338. The van der Waals surface area contributed by atoms with Gasteiger partial charge in [0.1, 0.15) is 5.82 Å². The number of halogens is 1. The Bertz CT molecular complexity index is 817. The predicted molar refractivity (Wildman–Crippen MR) is 89.0 cm³/mol. The Morgan fingerprint density at radius 3 is 2.70 bits per heavy atom. The Kier molecular flexibility index (Phi) is 5.40. The average molecular weight is 357 g/mol. The summed E-state index contributed by atoms with van der Waals surface area (Å²) < 4.78 is 25.8. The van der Waals surface area contributed by atoms with Crippen LogP contribution in [-0.4, -0.2) is 36.9 Å². The van der Waals surface area contributed by atoms with Gasteiger partial charge in [-0.3, -0.25) is 4.79 Å². The second-order valence-corrected chi connectivity index (χ2v) is 7.30. The quantitative estimate of drug-likeness (QED) is 0.817. The topological polar surface area (TPSA) is 93.1 Å². The molecule has 0 spiro atoms. The first-order valence-corrected chi connectivity index (χ1v) is 9.04. The van der Waals surface area contributed by atoms with Gasteiger partial charge in [-0.15, -0.1) is 0 Å². The van der Waals surface area contributed by atoms with Crippen molar-refractivity contribution in [3.05, 3.63) is 46.6 Å². The number of hydrogen-bond donors (Lipinski definition) is 2. The third-order valence-corrected chi connectivity index (χ3v) is 3.98. The molecule has 1 amide bonds. The number of aryl methyl sites for hydroxylation is 1. The van der Waals surface area contributed by atoms with E-state index in [9.17, 15) is 13.2 Å². The van der Waals surface area contributed by atoms with Gasteiger partial charge in [-0.1, -0.05) is 29.8 Å². The minimum atomic E-state index is -3.42. The Morgan fingerprint density at radius 2 is 2.04 bits per heavy atom. The van der Waals surface area contributed by atoms with Crippen LogP contribution in [0.1, 0.15) is 11.3 Å². The van der Waals surface area contributed by atoms with E-state index >= 15 is 0 Å². The maximum atomic E-state index is 11.8. The van der Waals surface area contributed by atoms with Crippen LogP contribution in [0.5, 0.6) is 0 Å². The molecule has 1 aromatic carbocycles. The highest BCUT2D eigenvalue weighted by Gasteiger charge is 2.12. The van der Waals surface area contributed by atoms with E-state index in [0.717, 1.165) is 17.5 Å². The summed E-state index contributed by atoms with van der Waals surface area (Å²) in [5.74, 6) is -0.00143. The van der Waals surface area contributed by atoms with Crippen molar-refractivity contribution in [3.8, 4) is 0 Å². The van der Waals surface area contributed by atoms with Crippen LogP contribution >= 0.6 is 11.6 Å². The molecule has 0 aliphatic heterocycles. The average Bonchev–Trinajstić information content (AvgIpc) is 2.78. The van der Waals surface area contributed by atoms with Crippen molar-refractivity contribution in [2.24, 2.45) is 0 Å². The fraction of sp³-hybridized carbons (Fsp3) is 0.286. The summed E-state index contributed by atoms with van der Waals surface area (Å²) in [7, 11) is -3.42. The molecule has 0 fully saturated rings. The number of aromatic nitrogens is 2. The van der Waals surface area contributed by atoms with Crippen LogP contribution in [0.25, 0.3) is 0 Å². The highest BCUT2D eigenvalue weighted by Crippen LogP contribution is 2.19. The third kappa shape index (κ3) is 5.34. The van der Waals surface area contributed by atoms with Gasteiger partial charge in [0, 0.05) is 11.1 Å². The number of sulfonamides is 1. The number of benzene rings is 1. The molecule has 0 unspecified atom stereocenters. The molecular weight excluding hydrogens is 340 g/mol. The molecule has 7 nitrogen and oxygen atoms in total. The summed E-state index contributed by atoms with van der Waals surface area (Å²) in [5.41, 5.74) is 1.59. The lowest BCUT2D eigenvalue weighted by Gasteiger charge is -2.10. The lowest BCUT2D eigenvalue weighted by Crippen LogP contribution is -2.32. The smallest absolute Gasteiger partial charge is 0.240 e. The molecule has 1 aromatic heterocycles. The molecule has 0 aliphatic carbocycles. The van der Waals surface area contributed by atoms with Gasteiger partial charge >= 0.3 is 0 Å². The summed E-state index contributed by atoms with van der Waals surface area (Å²) in [6, 6.07) is 9.05. The zero-order chi connectivity index (χ0) is 17.0. The highest BCUT2D eigenvalue weighted by atomic mass is 35.5. The molecule has 1 heterocycles. The van der Waals surface area contributed by atoms with E-state index in [0.29, 0.717) is 17.4 Å². The van der Waals surface area contributed by atoms with E-state index in [4.69, 9.17) is 11.6 Å². The number of rotatable bonds is 6. The van der Waals surface area contributed by atoms with Crippen molar-refractivity contribution in [2.75, 3.05) is 18.1 Å². The Hall–Kier alpha value is -1.90. The van der Waals surface area contributed by atoms with Crippen LogP contribution in [0.15, 0.2) is 30.3 Å². The van der Waals surface area contributed by atoms with Crippen LogP contribution in [0.2, 0.25) is 5.02 Å². The molecule has 0 radical (unpaired) electrons. The van der Waals surface area contributed by atoms with E-state index in [-0.39, 0.29) is 6.54 Å². The van der Waals surface area contributed by atoms with E-state index in [1.165, 1.54) is 0 Å². The molecule has 124 valence electrons. The highest BCUT2D eigenvalue weighted by molar-refractivity contribution is 7.88. The largest absolute Gasteiger partial charge is 0.310 e. The Labute approximate surface area is 139 Å². The first kappa shape index (κ1) is 17.5. The van der Waals surface area contributed by atoms with Crippen molar-refractivity contribution in [3.63, 3.8) is 0 Å². The van der Waals surface area contributed by atoms with Gasteiger partial charge in [0.15, 0.2) is 0 Å². The second kappa shape index (κ2) is 7.12. The fourth-order valence-corrected chi connectivity index (χ4v) is 2.53.